The second kappa shape index (κ2) is 7.07. The normalized spacial score (nSPS) is 26.3. The van der Waals surface area contributed by atoms with Crippen molar-refractivity contribution in [3.8, 4) is 0 Å². The molecule has 1 aliphatic heterocycles. The largest absolute Gasteiger partial charge is 0.300 e. The smallest absolute Gasteiger partial charge is 0.211 e. The number of hydrogen-bond acceptors (Lipinski definition) is 3. The van der Waals surface area contributed by atoms with Crippen LogP contribution in [0.3, 0.4) is 0 Å². The lowest BCUT2D eigenvalue weighted by molar-refractivity contribution is 0.116. The molecule has 118 valence electrons. The van der Waals surface area contributed by atoms with Crippen molar-refractivity contribution in [3.63, 3.8) is 0 Å². The molecule has 1 heterocycles. The zero-order valence-corrected chi connectivity index (χ0v) is 14.9. The summed E-state index contributed by atoms with van der Waals surface area (Å²) >= 11 is 3.74. The Bertz CT molecular complexity index is 397. The molecule has 20 heavy (non-hydrogen) atoms. The highest BCUT2D eigenvalue weighted by Gasteiger charge is 2.33. The van der Waals surface area contributed by atoms with Crippen molar-refractivity contribution in [3.05, 3.63) is 0 Å². The lowest BCUT2D eigenvalue weighted by Gasteiger charge is -2.40. The van der Waals surface area contributed by atoms with Crippen LogP contribution in [-0.4, -0.2) is 61.9 Å². The average Bonchev–Trinajstić information content (AvgIpc) is 2.64. The van der Waals surface area contributed by atoms with Crippen LogP contribution in [0.25, 0.3) is 0 Å². The molecule has 0 spiro atoms. The van der Waals surface area contributed by atoms with E-state index >= 15 is 0 Å². The van der Waals surface area contributed by atoms with Crippen LogP contribution in [0.15, 0.2) is 0 Å². The molecular weight excluding hydrogens is 340 g/mol. The minimum Gasteiger partial charge on any atom is -0.300 e. The SMILES string of the molecule is CS(=O)(=O)N1CCN(CC2(CBr)CCCCCC2)CC1. The first-order chi connectivity index (χ1) is 9.45. The minimum absolute atomic E-state index is 0.407. The molecule has 4 nitrogen and oxygen atoms in total. The molecule has 0 amide bonds. The maximum Gasteiger partial charge on any atom is 0.211 e. The van der Waals surface area contributed by atoms with Gasteiger partial charge in [0, 0.05) is 38.1 Å². The standard InChI is InChI=1S/C14H27BrN2O2S/c1-20(18,19)17-10-8-16(9-11-17)13-14(12-15)6-4-2-3-5-7-14/h2-13H2,1H3. The summed E-state index contributed by atoms with van der Waals surface area (Å²) in [5.74, 6) is 0. The van der Waals surface area contributed by atoms with E-state index in [0.717, 1.165) is 25.0 Å². The number of nitrogens with zero attached hydrogens (tertiary/aromatic N) is 2. The zero-order chi connectivity index (χ0) is 14.6. The van der Waals surface area contributed by atoms with Crippen molar-refractivity contribution in [2.75, 3.05) is 44.3 Å². The predicted molar refractivity (Wildman–Crippen MR) is 86.8 cm³/mol. The first-order valence-corrected chi connectivity index (χ1v) is 10.7. The first-order valence-electron chi connectivity index (χ1n) is 7.69. The molecule has 1 saturated carbocycles. The molecule has 0 aromatic carbocycles. The van der Waals surface area contributed by atoms with Gasteiger partial charge in [0.15, 0.2) is 0 Å². The van der Waals surface area contributed by atoms with Gasteiger partial charge in [0.25, 0.3) is 0 Å². The van der Waals surface area contributed by atoms with Gasteiger partial charge >= 0.3 is 0 Å². The van der Waals surface area contributed by atoms with Gasteiger partial charge in [-0.2, -0.15) is 4.31 Å². The Balaban J connectivity index is 1.90. The van der Waals surface area contributed by atoms with Crippen LogP contribution in [0.4, 0.5) is 0 Å². The molecule has 2 rings (SSSR count). The lowest BCUT2D eigenvalue weighted by Crippen LogP contribution is -2.51. The number of rotatable bonds is 4. The summed E-state index contributed by atoms with van der Waals surface area (Å²) in [6, 6.07) is 0. The summed E-state index contributed by atoms with van der Waals surface area (Å²) < 4.78 is 24.7. The fraction of sp³-hybridized carbons (Fsp3) is 1.00. The molecule has 2 fully saturated rings. The highest BCUT2D eigenvalue weighted by atomic mass is 79.9. The highest BCUT2D eigenvalue weighted by molar-refractivity contribution is 9.09. The Morgan fingerprint density at radius 1 is 1.00 bits per heavy atom. The molecule has 2 aliphatic rings. The van der Waals surface area contributed by atoms with E-state index in [4.69, 9.17) is 0 Å². The van der Waals surface area contributed by atoms with Gasteiger partial charge in [0.05, 0.1) is 6.26 Å². The van der Waals surface area contributed by atoms with E-state index in [1.807, 2.05) is 0 Å². The van der Waals surface area contributed by atoms with Gasteiger partial charge < -0.3 is 4.90 Å². The molecule has 0 aromatic heterocycles. The molecule has 1 aliphatic carbocycles. The lowest BCUT2D eigenvalue weighted by atomic mass is 9.82. The summed E-state index contributed by atoms with van der Waals surface area (Å²) in [4.78, 5) is 2.47. The van der Waals surface area contributed by atoms with Crippen molar-refractivity contribution >= 4 is 26.0 Å². The fourth-order valence-corrected chi connectivity index (χ4v) is 5.07. The molecule has 0 radical (unpaired) electrons. The zero-order valence-electron chi connectivity index (χ0n) is 12.5. The molecular formula is C14H27BrN2O2S. The van der Waals surface area contributed by atoms with Gasteiger partial charge in [-0.15, -0.1) is 0 Å². The Kier molecular flexibility index (Phi) is 5.91. The van der Waals surface area contributed by atoms with E-state index in [1.54, 1.807) is 4.31 Å². The van der Waals surface area contributed by atoms with Gasteiger partial charge in [-0.05, 0) is 18.3 Å². The van der Waals surface area contributed by atoms with Crippen LogP contribution in [-0.2, 0) is 10.0 Å². The van der Waals surface area contributed by atoms with E-state index in [2.05, 4.69) is 20.8 Å². The Morgan fingerprint density at radius 2 is 1.55 bits per heavy atom. The third-order valence-electron chi connectivity index (χ3n) is 4.81. The number of piperazine rings is 1. The van der Waals surface area contributed by atoms with Crippen LogP contribution < -0.4 is 0 Å². The monoisotopic (exact) mass is 366 g/mol. The van der Waals surface area contributed by atoms with E-state index in [1.165, 1.54) is 44.8 Å². The Hall–Kier alpha value is 0.350. The van der Waals surface area contributed by atoms with Crippen LogP contribution >= 0.6 is 15.9 Å². The molecule has 0 bridgehead atoms. The number of halogens is 1. The summed E-state index contributed by atoms with van der Waals surface area (Å²) in [5, 5.41) is 1.08. The number of sulfonamides is 1. The number of hydrogen-bond donors (Lipinski definition) is 0. The summed E-state index contributed by atoms with van der Waals surface area (Å²) in [6.07, 6.45) is 9.36. The van der Waals surface area contributed by atoms with Gasteiger partial charge in [-0.25, -0.2) is 8.42 Å². The van der Waals surface area contributed by atoms with Crippen molar-refractivity contribution in [1.82, 2.24) is 9.21 Å². The van der Waals surface area contributed by atoms with Crippen LogP contribution in [0, 0.1) is 5.41 Å². The van der Waals surface area contributed by atoms with Crippen LogP contribution in [0.1, 0.15) is 38.5 Å². The Morgan fingerprint density at radius 3 is 2.00 bits per heavy atom. The summed E-state index contributed by atoms with van der Waals surface area (Å²) in [6.45, 7) is 4.17. The van der Waals surface area contributed by atoms with E-state index in [-0.39, 0.29) is 0 Å². The van der Waals surface area contributed by atoms with Crippen molar-refractivity contribution < 1.29 is 8.42 Å². The van der Waals surface area contributed by atoms with Crippen LogP contribution in [0.2, 0.25) is 0 Å². The topological polar surface area (TPSA) is 40.6 Å². The van der Waals surface area contributed by atoms with Gasteiger partial charge in [0.1, 0.15) is 0 Å². The fourth-order valence-electron chi connectivity index (χ4n) is 3.51. The van der Waals surface area contributed by atoms with Crippen molar-refractivity contribution in [1.29, 1.82) is 0 Å². The quantitative estimate of drug-likeness (QED) is 0.566. The summed E-state index contributed by atoms with van der Waals surface area (Å²) in [5.41, 5.74) is 0.407. The van der Waals surface area contributed by atoms with Crippen molar-refractivity contribution in [2.45, 2.75) is 38.5 Å². The Labute approximate surface area is 132 Å². The molecule has 0 aromatic rings. The summed E-state index contributed by atoms with van der Waals surface area (Å²) in [7, 11) is -3.01. The molecule has 6 heteroatoms. The molecule has 0 unspecified atom stereocenters. The third-order valence-corrected chi connectivity index (χ3v) is 7.30. The van der Waals surface area contributed by atoms with E-state index < -0.39 is 10.0 Å². The maximum absolute atomic E-state index is 11.5. The number of alkyl halides is 1. The second-order valence-electron chi connectivity index (χ2n) is 6.49. The average molecular weight is 367 g/mol. The minimum atomic E-state index is -3.01. The van der Waals surface area contributed by atoms with Gasteiger partial charge in [-0.3, -0.25) is 0 Å². The van der Waals surface area contributed by atoms with Gasteiger partial charge in [-0.1, -0.05) is 41.6 Å². The second-order valence-corrected chi connectivity index (χ2v) is 9.03. The maximum atomic E-state index is 11.5. The highest BCUT2D eigenvalue weighted by Crippen LogP contribution is 2.37. The van der Waals surface area contributed by atoms with Gasteiger partial charge in [0.2, 0.25) is 10.0 Å². The van der Waals surface area contributed by atoms with Crippen LogP contribution in [0.5, 0.6) is 0 Å². The molecule has 1 saturated heterocycles. The van der Waals surface area contributed by atoms with E-state index in [9.17, 15) is 8.42 Å². The van der Waals surface area contributed by atoms with Crippen molar-refractivity contribution in [2.24, 2.45) is 5.41 Å². The predicted octanol–water partition coefficient (Wildman–Crippen LogP) is 2.30. The van der Waals surface area contributed by atoms with E-state index in [0.29, 0.717) is 18.5 Å². The first kappa shape index (κ1) is 16.7. The molecule has 0 N–H and O–H groups in total. The molecule has 0 atom stereocenters. The third kappa shape index (κ3) is 4.42.